The fourth-order valence-electron chi connectivity index (χ4n) is 3.80. The molecule has 0 bridgehead atoms. The van der Waals surface area contributed by atoms with E-state index in [0.717, 1.165) is 21.7 Å². The van der Waals surface area contributed by atoms with E-state index in [9.17, 15) is 18.0 Å². The summed E-state index contributed by atoms with van der Waals surface area (Å²) in [7, 11) is -3.84. The topological polar surface area (TPSA) is 96.0 Å². The molecule has 0 spiro atoms. The van der Waals surface area contributed by atoms with Crippen molar-refractivity contribution in [1.82, 2.24) is 10.2 Å². The number of amides is 2. The normalized spacial score (nSPS) is 12.5. The zero-order chi connectivity index (χ0) is 27.1. The molecule has 198 valence electrons. The Balaban J connectivity index is 2.49. The molecule has 0 aromatic heterocycles. The molecule has 0 aliphatic heterocycles. The summed E-state index contributed by atoms with van der Waals surface area (Å²) >= 11 is 0. The number of benzene rings is 2. The lowest BCUT2D eigenvalue weighted by atomic mass is 10.1. The van der Waals surface area contributed by atoms with Crippen LogP contribution in [-0.4, -0.2) is 56.1 Å². The van der Waals surface area contributed by atoms with E-state index >= 15 is 0 Å². The van der Waals surface area contributed by atoms with Crippen LogP contribution in [0.4, 0.5) is 5.69 Å². The largest absolute Gasteiger partial charge is 0.492 e. The molecule has 2 aromatic rings. The number of sulfonamides is 1. The highest BCUT2D eigenvalue weighted by molar-refractivity contribution is 7.92. The first-order chi connectivity index (χ1) is 16.8. The van der Waals surface area contributed by atoms with Gasteiger partial charge in [-0.05, 0) is 58.7 Å². The third-order valence-corrected chi connectivity index (χ3v) is 6.60. The summed E-state index contributed by atoms with van der Waals surface area (Å²) in [5.41, 5.74) is 1.71. The van der Waals surface area contributed by atoms with Crippen LogP contribution in [0.15, 0.2) is 48.5 Å². The summed E-state index contributed by atoms with van der Waals surface area (Å²) in [6.45, 7) is 11.3. The summed E-state index contributed by atoms with van der Waals surface area (Å²) in [5, 5.41) is 2.96. The van der Waals surface area contributed by atoms with Crippen molar-refractivity contribution in [2.45, 2.75) is 66.1 Å². The number of aryl methyl sites for hydroxylation is 1. The number of para-hydroxylation sites is 2. The van der Waals surface area contributed by atoms with Crippen molar-refractivity contribution in [2.24, 2.45) is 0 Å². The van der Waals surface area contributed by atoms with E-state index in [-0.39, 0.29) is 18.1 Å². The molecule has 8 nitrogen and oxygen atoms in total. The SMILES string of the molecule is CCOc1ccccc1N(CC(=O)N(Cc1ccc(C)cc1)[C@H](CC)C(=O)NC(C)(C)C)S(C)(=O)=O. The highest BCUT2D eigenvalue weighted by atomic mass is 32.2. The summed E-state index contributed by atoms with van der Waals surface area (Å²) < 4.78 is 32.3. The van der Waals surface area contributed by atoms with Gasteiger partial charge in [-0.3, -0.25) is 13.9 Å². The van der Waals surface area contributed by atoms with Crippen LogP contribution in [0.5, 0.6) is 5.75 Å². The lowest BCUT2D eigenvalue weighted by molar-refractivity contribution is -0.141. The first kappa shape index (κ1) is 29.2. The third kappa shape index (κ3) is 8.26. The van der Waals surface area contributed by atoms with Crippen molar-refractivity contribution in [3.05, 3.63) is 59.7 Å². The quantitative estimate of drug-likeness (QED) is 0.488. The van der Waals surface area contributed by atoms with Crippen LogP contribution in [0.25, 0.3) is 0 Å². The van der Waals surface area contributed by atoms with Gasteiger partial charge in [0.05, 0.1) is 18.6 Å². The number of hydrogen-bond acceptors (Lipinski definition) is 5. The number of rotatable bonds is 11. The monoisotopic (exact) mass is 517 g/mol. The van der Waals surface area contributed by atoms with Gasteiger partial charge in [0.25, 0.3) is 0 Å². The molecule has 2 aromatic carbocycles. The van der Waals surface area contributed by atoms with Crippen molar-refractivity contribution in [1.29, 1.82) is 0 Å². The molecular weight excluding hydrogens is 478 g/mol. The van der Waals surface area contributed by atoms with E-state index in [1.54, 1.807) is 31.2 Å². The molecule has 0 heterocycles. The standard InChI is InChI=1S/C27H39N3O5S/c1-8-22(26(32)28-27(4,5)6)29(18-21-16-14-20(3)15-17-21)25(31)19-30(36(7,33)34)23-12-10-11-13-24(23)35-9-2/h10-17,22H,8-9,18-19H2,1-7H3,(H,28,32)/t22-/m1/s1. The van der Waals surface area contributed by atoms with Crippen molar-refractivity contribution in [2.75, 3.05) is 23.7 Å². The minimum Gasteiger partial charge on any atom is -0.492 e. The Labute approximate surface area is 215 Å². The van der Waals surface area contributed by atoms with Crippen LogP contribution in [0.1, 0.15) is 52.2 Å². The van der Waals surface area contributed by atoms with E-state index in [1.807, 2.05) is 58.9 Å². The summed E-state index contributed by atoms with van der Waals surface area (Å²) in [6, 6.07) is 13.6. The molecule has 0 fully saturated rings. The van der Waals surface area contributed by atoms with Crippen molar-refractivity contribution in [3.8, 4) is 5.75 Å². The van der Waals surface area contributed by atoms with E-state index in [4.69, 9.17) is 4.74 Å². The number of nitrogens with one attached hydrogen (secondary N) is 1. The fraction of sp³-hybridized carbons (Fsp3) is 0.481. The van der Waals surface area contributed by atoms with E-state index in [1.165, 1.54) is 4.90 Å². The molecule has 0 aliphatic rings. The number of nitrogens with zero attached hydrogens (tertiary/aromatic N) is 2. The molecule has 0 radical (unpaired) electrons. The fourth-order valence-corrected chi connectivity index (χ4v) is 4.65. The second-order valence-corrected chi connectivity index (χ2v) is 11.7. The van der Waals surface area contributed by atoms with Crippen LogP contribution in [0.3, 0.4) is 0 Å². The first-order valence-electron chi connectivity index (χ1n) is 12.1. The average Bonchev–Trinajstić information content (AvgIpc) is 2.77. The van der Waals surface area contributed by atoms with E-state index in [2.05, 4.69) is 5.32 Å². The molecular formula is C27H39N3O5S. The lowest BCUT2D eigenvalue weighted by Crippen LogP contribution is -2.55. The molecule has 9 heteroatoms. The molecule has 2 amide bonds. The predicted octanol–water partition coefficient (Wildman–Crippen LogP) is 3.88. The highest BCUT2D eigenvalue weighted by Gasteiger charge is 2.33. The van der Waals surface area contributed by atoms with Gasteiger partial charge in [-0.15, -0.1) is 0 Å². The molecule has 1 N–H and O–H groups in total. The molecule has 0 saturated carbocycles. The van der Waals surface area contributed by atoms with Gasteiger partial charge in [0.1, 0.15) is 18.3 Å². The van der Waals surface area contributed by atoms with Gasteiger partial charge in [0.15, 0.2) is 0 Å². The summed E-state index contributed by atoms with van der Waals surface area (Å²) in [6.07, 6.45) is 1.42. The zero-order valence-electron chi connectivity index (χ0n) is 22.4. The van der Waals surface area contributed by atoms with E-state index < -0.39 is 34.1 Å². The summed E-state index contributed by atoms with van der Waals surface area (Å²) in [5.74, 6) is -0.407. The molecule has 36 heavy (non-hydrogen) atoms. The predicted molar refractivity (Wildman–Crippen MR) is 144 cm³/mol. The van der Waals surface area contributed by atoms with Crippen LogP contribution in [0.2, 0.25) is 0 Å². The maximum absolute atomic E-state index is 13.8. The van der Waals surface area contributed by atoms with Gasteiger partial charge in [-0.25, -0.2) is 8.42 Å². The second kappa shape index (κ2) is 12.3. The van der Waals surface area contributed by atoms with Crippen LogP contribution in [0, 0.1) is 6.92 Å². The van der Waals surface area contributed by atoms with Crippen molar-refractivity contribution >= 4 is 27.5 Å². The van der Waals surface area contributed by atoms with Crippen LogP contribution in [-0.2, 0) is 26.2 Å². The van der Waals surface area contributed by atoms with Crippen molar-refractivity contribution < 1.29 is 22.7 Å². The smallest absolute Gasteiger partial charge is 0.244 e. The summed E-state index contributed by atoms with van der Waals surface area (Å²) in [4.78, 5) is 28.5. The maximum atomic E-state index is 13.8. The molecule has 0 saturated heterocycles. The Hall–Kier alpha value is -3.07. The minimum atomic E-state index is -3.84. The minimum absolute atomic E-state index is 0.167. The Morgan fingerprint density at radius 1 is 1.03 bits per heavy atom. The van der Waals surface area contributed by atoms with Gasteiger partial charge >= 0.3 is 0 Å². The third-order valence-electron chi connectivity index (χ3n) is 5.47. The van der Waals surface area contributed by atoms with Gasteiger partial charge in [0, 0.05) is 12.1 Å². The van der Waals surface area contributed by atoms with E-state index in [0.29, 0.717) is 18.8 Å². The Morgan fingerprint density at radius 2 is 1.64 bits per heavy atom. The second-order valence-electron chi connectivity index (χ2n) is 9.84. The number of hydrogen-bond donors (Lipinski definition) is 1. The average molecular weight is 518 g/mol. The maximum Gasteiger partial charge on any atom is 0.244 e. The van der Waals surface area contributed by atoms with Gasteiger partial charge in [0.2, 0.25) is 21.8 Å². The van der Waals surface area contributed by atoms with Crippen LogP contribution < -0.4 is 14.4 Å². The lowest BCUT2D eigenvalue weighted by Gasteiger charge is -2.34. The highest BCUT2D eigenvalue weighted by Crippen LogP contribution is 2.30. The van der Waals surface area contributed by atoms with Gasteiger partial charge in [-0.1, -0.05) is 48.9 Å². The Bertz CT molecular complexity index is 1140. The molecule has 2 rings (SSSR count). The zero-order valence-corrected chi connectivity index (χ0v) is 23.2. The molecule has 0 aliphatic carbocycles. The molecule has 0 unspecified atom stereocenters. The Morgan fingerprint density at radius 3 is 2.17 bits per heavy atom. The Kier molecular flexibility index (Phi) is 9.93. The number of anilines is 1. The van der Waals surface area contributed by atoms with Crippen LogP contribution >= 0.6 is 0 Å². The first-order valence-corrected chi connectivity index (χ1v) is 14.0. The van der Waals surface area contributed by atoms with Gasteiger partial charge in [-0.2, -0.15) is 0 Å². The molecule has 1 atom stereocenters. The van der Waals surface area contributed by atoms with Gasteiger partial charge < -0.3 is 15.0 Å². The number of ether oxygens (including phenoxy) is 1. The van der Waals surface area contributed by atoms with Crippen molar-refractivity contribution in [3.63, 3.8) is 0 Å². The number of carbonyl (C=O) groups excluding carboxylic acids is 2. The number of carbonyl (C=O) groups is 2.